The molecule has 3 N–H and O–H groups in total. The van der Waals surface area contributed by atoms with Gasteiger partial charge in [0, 0.05) is 12.8 Å². The highest BCUT2D eigenvalue weighted by Crippen LogP contribution is 2.89. The molecule has 0 aromatic heterocycles. The number of rotatable bonds is 7. The number of hydrogen-bond acceptors (Lipinski definition) is 5. The van der Waals surface area contributed by atoms with Crippen molar-refractivity contribution in [1.29, 1.82) is 0 Å². The van der Waals surface area contributed by atoms with Gasteiger partial charge < -0.3 is 20.1 Å². The van der Waals surface area contributed by atoms with E-state index in [1.165, 1.54) is 6.92 Å². The molecular weight excluding hydrogens is 480 g/mol. The van der Waals surface area contributed by atoms with Gasteiger partial charge in [-0.25, -0.2) is 0 Å². The second-order valence-corrected chi connectivity index (χ2v) is 14.9. The summed E-state index contributed by atoms with van der Waals surface area (Å²) in [7, 11) is 0. The number of carbonyl (C=O) groups excluding carboxylic acids is 1. The normalized spacial score (nSPS) is 50.5. The van der Waals surface area contributed by atoms with Gasteiger partial charge in [0.05, 0.1) is 17.6 Å². The van der Waals surface area contributed by atoms with Crippen molar-refractivity contribution in [2.75, 3.05) is 0 Å². The summed E-state index contributed by atoms with van der Waals surface area (Å²) in [6, 6.07) is 0. The van der Waals surface area contributed by atoms with Gasteiger partial charge in [-0.3, -0.25) is 9.59 Å². The molecule has 6 heteroatoms. The largest absolute Gasteiger partial charge is 0.481 e. The maximum atomic E-state index is 12.7. The van der Waals surface area contributed by atoms with Crippen molar-refractivity contribution in [1.82, 2.24) is 0 Å². The number of hydrogen-bond donors (Lipinski definition) is 3. The van der Waals surface area contributed by atoms with E-state index in [4.69, 9.17) is 4.74 Å². The highest BCUT2D eigenvalue weighted by molar-refractivity contribution is 5.76. The highest BCUT2D eigenvalue weighted by Gasteiger charge is 2.85. The van der Waals surface area contributed by atoms with Gasteiger partial charge in [0.25, 0.3) is 0 Å². The van der Waals surface area contributed by atoms with Crippen LogP contribution in [0.5, 0.6) is 0 Å². The number of aliphatic hydroxyl groups is 2. The van der Waals surface area contributed by atoms with Crippen molar-refractivity contribution in [2.45, 2.75) is 124 Å². The average Bonchev–Trinajstić information content (AvgIpc) is 3.40. The van der Waals surface area contributed by atoms with Gasteiger partial charge in [-0.05, 0) is 117 Å². The molecular formula is C32H50O6. The van der Waals surface area contributed by atoms with Gasteiger partial charge >= 0.3 is 11.9 Å². The zero-order valence-corrected chi connectivity index (χ0v) is 24.4. The molecule has 38 heavy (non-hydrogen) atoms. The number of ether oxygens (including phenoxy) is 1. The Hall–Kier alpha value is -1.40. The zero-order valence-electron chi connectivity index (χ0n) is 24.4. The summed E-state index contributed by atoms with van der Waals surface area (Å²) in [4.78, 5) is 25.1. The number of aliphatic carboxylic acids is 1. The Labute approximate surface area is 228 Å². The standard InChI is InChI=1S/C32H50O6/c1-18(2)22(34)9-8-19(3)21-10-12-29(6)26-23(38-20(4)33)16-24-30(7,27(36)37)25(35)11-13-31(24)17-32(26,31)15-14-28(21,29)5/h19,21-26,34-35H,1,8-17H2,2-7H3,(H,36,37)/t19-,21-,22?,23+,24+,25+,26+,28-,29+,30+,31-,32+/m1/s1. The fourth-order valence-corrected chi connectivity index (χ4v) is 11.5. The third kappa shape index (κ3) is 3.44. The molecule has 0 heterocycles. The van der Waals surface area contributed by atoms with Crippen molar-refractivity contribution in [3.8, 4) is 0 Å². The second kappa shape index (κ2) is 8.80. The molecule has 0 aromatic rings. The first-order valence-electron chi connectivity index (χ1n) is 15.0. The molecule has 0 bridgehead atoms. The van der Waals surface area contributed by atoms with Crippen molar-refractivity contribution >= 4 is 11.9 Å². The van der Waals surface area contributed by atoms with Crippen LogP contribution in [0.25, 0.3) is 0 Å². The summed E-state index contributed by atoms with van der Waals surface area (Å²) >= 11 is 0. The van der Waals surface area contributed by atoms with E-state index in [1.54, 1.807) is 6.92 Å². The van der Waals surface area contributed by atoms with Gasteiger partial charge in [-0.15, -0.1) is 0 Å². The SMILES string of the molecule is C=C(C)C(O)CC[C@@H](C)[C@H]1CC[C@@]2(C)[C@@H]3[C@@H](OC(C)=O)C[C@H]4[C@](C)(C(=O)O)[C@@H](O)CC[C@@]45C[C@@]35CC[C@]12C. The number of aliphatic hydroxyl groups excluding tert-OH is 2. The lowest BCUT2D eigenvalue weighted by molar-refractivity contribution is -0.219. The van der Waals surface area contributed by atoms with Crippen molar-refractivity contribution in [3.05, 3.63) is 12.2 Å². The molecule has 5 aliphatic carbocycles. The van der Waals surface area contributed by atoms with Crippen LogP contribution in [0, 0.1) is 50.7 Å². The molecule has 0 amide bonds. The Bertz CT molecular complexity index is 1020. The van der Waals surface area contributed by atoms with Gasteiger partial charge in [-0.2, -0.15) is 0 Å². The summed E-state index contributed by atoms with van der Waals surface area (Å²) in [5, 5.41) is 31.7. The molecule has 5 fully saturated rings. The van der Waals surface area contributed by atoms with Crippen molar-refractivity contribution in [2.24, 2.45) is 50.7 Å². The predicted octanol–water partition coefficient (Wildman–Crippen LogP) is 5.75. The van der Waals surface area contributed by atoms with Gasteiger partial charge in [0.15, 0.2) is 0 Å². The lowest BCUT2D eigenvalue weighted by Crippen LogP contribution is -2.64. The molecule has 0 saturated heterocycles. The average molecular weight is 531 g/mol. The molecule has 1 unspecified atom stereocenters. The topological polar surface area (TPSA) is 104 Å². The van der Waals surface area contributed by atoms with Crippen LogP contribution in [0.3, 0.4) is 0 Å². The van der Waals surface area contributed by atoms with E-state index in [1.807, 2.05) is 6.92 Å². The summed E-state index contributed by atoms with van der Waals surface area (Å²) in [5.74, 6) is -0.189. The Morgan fingerprint density at radius 3 is 2.29 bits per heavy atom. The Balaban J connectivity index is 1.51. The molecule has 5 aliphatic rings. The van der Waals surface area contributed by atoms with Crippen molar-refractivity contribution < 1.29 is 29.6 Å². The number of carboxylic acids is 1. The predicted molar refractivity (Wildman–Crippen MR) is 145 cm³/mol. The second-order valence-electron chi connectivity index (χ2n) is 14.9. The molecule has 5 saturated carbocycles. The van der Waals surface area contributed by atoms with E-state index in [0.29, 0.717) is 24.7 Å². The minimum Gasteiger partial charge on any atom is -0.481 e. The minimum absolute atomic E-state index is 0.0125. The van der Waals surface area contributed by atoms with E-state index in [2.05, 4.69) is 27.4 Å². The van der Waals surface area contributed by atoms with Crippen LogP contribution in [-0.4, -0.2) is 45.6 Å². The fraction of sp³-hybridized carbons (Fsp3) is 0.875. The monoisotopic (exact) mass is 530 g/mol. The Morgan fingerprint density at radius 1 is 1.00 bits per heavy atom. The molecule has 214 valence electrons. The third-order valence-electron chi connectivity index (χ3n) is 13.7. The molecule has 0 radical (unpaired) electrons. The molecule has 2 spiro atoms. The lowest BCUT2D eigenvalue weighted by atomic mass is 9.41. The summed E-state index contributed by atoms with van der Waals surface area (Å²) in [6.45, 7) is 16.3. The Morgan fingerprint density at radius 2 is 1.68 bits per heavy atom. The lowest BCUT2D eigenvalue weighted by Gasteiger charge is -2.64. The number of esters is 1. The van der Waals surface area contributed by atoms with E-state index >= 15 is 0 Å². The summed E-state index contributed by atoms with van der Waals surface area (Å²) in [5.41, 5.74) is -0.415. The van der Waals surface area contributed by atoms with E-state index in [0.717, 1.165) is 56.9 Å². The van der Waals surface area contributed by atoms with Gasteiger partial charge in [-0.1, -0.05) is 32.9 Å². The van der Waals surface area contributed by atoms with Crippen LogP contribution in [0.2, 0.25) is 0 Å². The number of carbonyl (C=O) groups is 2. The molecule has 0 aliphatic heterocycles. The molecule has 12 atom stereocenters. The molecule has 6 nitrogen and oxygen atoms in total. The first-order chi connectivity index (χ1) is 17.6. The molecule has 0 aromatic carbocycles. The zero-order chi connectivity index (χ0) is 28.1. The minimum atomic E-state index is -1.22. The van der Waals surface area contributed by atoms with Crippen LogP contribution in [-0.2, 0) is 14.3 Å². The smallest absolute Gasteiger partial charge is 0.312 e. The van der Waals surface area contributed by atoms with Crippen LogP contribution in [0.4, 0.5) is 0 Å². The van der Waals surface area contributed by atoms with Crippen LogP contribution in [0.1, 0.15) is 106 Å². The highest BCUT2D eigenvalue weighted by atomic mass is 16.5. The summed E-state index contributed by atoms with van der Waals surface area (Å²) in [6.07, 6.45) is 7.37. The first-order valence-corrected chi connectivity index (χ1v) is 15.0. The quantitative estimate of drug-likeness (QED) is 0.286. The summed E-state index contributed by atoms with van der Waals surface area (Å²) < 4.78 is 6.17. The number of carboxylic acid groups (broad SMARTS) is 1. The fourth-order valence-electron chi connectivity index (χ4n) is 11.5. The van der Waals surface area contributed by atoms with Crippen molar-refractivity contribution in [3.63, 3.8) is 0 Å². The van der Waals surface area contributed by atoms with E-state index in [-0.39, 0.29) is 45.6 Å². The Kier molecular flexibility index (Phi) is 6.52. The van der Waals surface area contributed by atoms with Gasteiger partial charge in [0.2, 0.25) is 0 Å². The maximum absolute atomic E-state index is 12.7. The third-order valence-corrected chi connectivity index (χ3v) is 13.7. The van der Waals surface area contributed by atoms with Crippen LogP contribution in [0.15, 0.2) is 12.2 Å². The van der Waals surface area contributed by atoms with Crippen LogP contribution < -0.4 is 0 Å². The first kappa shape index (κ1) is 28.1. The van der Waals surface area contributed by atoms with E-state index < -0.39 is 23.6 Å². The van der Waals surface area contributed by atoms with Gasteiger partial charge in [0.1, 0.15) is 6.10 Å². The van der Waals surface area contributed by atoms with Crippen LogP contribution >= 0.6 is 0 Å². The number of fused-ring (bicyclic) bond motifs is 2. The van der Waals surface area contributed by atoms with E-state index in [9.17, 15) is 24.9 Å². The maximum Gasteiger partial charge on any atom is 0.312 e. The molecule has 5 rings (SSSR count).